The van der Waals surface area contributed by atoms with E-state index < -0.39 is 10.0 Å². The molecule has 1 amide bonds. The highest BCUT2D eigenvalue weighted by molar-refractivity contribution is 7.89. The van der Waals surface area contributed by atoms with Gasteiger partial charge in [-0.05, 0) is 73.2 Å². The van der Waals surface area contributed by atoms with Crippen LogP contribution in [0.3, 0.4) is 0 Å². The molecule has 1 aromatic heterocycles. The van der Waals surface area contributed by atoms with E-state index in [1.165, 1.54) is 40.8 Å². The Hall–Kier alpha value is -1.94. The molecule has 0 spiro atoms. The molecule has 178 valence electrons. The summed E-state index contributed by atoms with van der Waals surface area (Å²) in [6, 6.07) is 7.40. The fourth-order valence-corrected chi connectivity index (χ4v) is 7.74. The van der Waals surface area contributed by atoms with Gasteiger partial charge in [-0.3, -0.25) is 9.69 Å². The fraction of sp³-hybridized carbons (Fsp3) is 0.542. The summed E-state index contributed by atoms with van der Waals surface area (Å²) in [6.07, 6.45) is 6.18. The van der Waals surface area contributed by atoms with Crippen LogP contribution < -0.4 is 10.1 Å². The van der Waals surface area contributed by atoms with E-state index in [4.69, 9.17) is 4.74 Å². The SMILES string of the molecule is COc1ccc(NC(=O)CN2CCc3sccc3[C@H]2C2CC2)cc1S(=O)(=O)N1CCCCC1. The van der Waals surface area contributed by atoms with Crippen molar-refractivity contribution in [2.75, 3.05) is 38.6 Å². The first-order valence-corrected chi connectivity index (χ1v) is 14.1. The summed E-state index contributed by atoms with van der Waals surface area (Å²) in [5, 5.41) is 5.10. The predicted molar refractivity (Wildman–Crippen MR) is 129 cm³/mol. The third kappa shape index (κ3) is 4.69. The Labute approximate surface area is 199 Å². The highest BCUT2D eigenvalue weighted by Gasteiger charge is 2.40. The van der Waals surface area contributed by atoms with Crippen molar-refractivity contribution in [2.24, 2.45) is 5.92 Å². The maximum absolute atomic E-state index is 13.3. The second-order valence-corrected chi connectivity index (χ2v) is 12.1. The van der Waals surface area contributed by atoms with Crippen molar-refractivity contribution in [1.29, 1.82) is 0 Å². The molecule has 1 saturated carbocycles. The zero-order chi connectivity index (χ0) is 23.0. The standard InChI is InChI=1S/C24H31N3O4S2/c1-31-20-8-7-18(15-22(20)33(29,30)27-11-3-2-4-12-27)25-23(28)16-26-13-9-21-19(10-14-32-21)24(26)17-5-6-17/h7-8,10,14-15,17,24H,2-6,9,11-13,16H2,1H3,(H,25,28)/t24-/m1/s1. The summed E-state index contributed by atoms with van der Waals surface area (Å²) in [5.41, 5.74) is 1.87. The van der Waals surface area contributed by atoms with E-state index in [0.717, 1.165) is 32.2 Å². The summed E-state index contributed by atoms with van der Waals surface area (Å²) in [4.78, 5) is 16.8. The summed E-state index contributed by atoms with van der Waals surface area (Å²) in [5.74, 6) is 0.813. The van der Waals surface area contributed by atoms with Gasteiger partial charge in [0.25, 0.3) is 0 Å². The van der Waals surface area contributed by atoms with Crippen LogP contribution in [-0.4, -0.2) is 56.8 Å². The minimum Gasteiger partial charge on any atom is -0.495 e. The zero-order valence-electron chi connectivity index (χ0n) is 19.0. The molecular formula is C24H31N3O4S2. The van der Waals surface area contributed by atoms with Crippen molar-refractivity contribution < 1.29 is 17.9 Å². The molecule has 33 heavy (non-hydrogen) atoms. The van der Waals surface area contributed by atoms with Crippen LogP contribution in [-0.2, 0) is 21.2 Å². The largest absolute Gasteiger partial charge is 0.495 e. The van der Waals surface area contributed by atoms with Gasteiger partial charge in [0.2, 0.25) is 15.9 Å². The van der Waals surface area contributed by atoms with E-state index in [-0.39, 0.29) is 10.8 Å². The van der Waals surface area contributed by atoms with Crippen molar-refractivity contribution in [3.05, 3.63) is 40.1 Å². The Morgan fingerprint density at radius 3 is 2.67 bits per heavy atom. The number of nitrogens with zero attached hydrogens (tertiary/aromatic N) is 2. The van der Waals surface area contributed by atoms with Gasteiger partial charge >= 0.3 is 0 Å². The second-order valence-electron chi connectivity index (χ2n) is 9.18. The quantitative estimate of drug-likeness (QED) is 0.639. The van der Waals surface area contributed by atoms with Crippen molar-refractivity contribution in [3.8, 4) is 5.75 Å². The number of nitrogens with one attached hydrogen (secondary N) is 1. The number of sulfonamides is 1. The van der Waals surface area contributed by atoms with Gasteiger partial charge in [-0.2, -0.15) is 4.31 Å². The van der Waals surface area contributed by atoms with Crippen LogP contribution in [0.2, 0.25) is 0 Å². The lowest BCUT2D eigenvalue weighted by molar-refractivity contribution is -0.118. The van der Waals surface area contributed by atoms with E-state index >= 15 is 0 Å². The van der Waals surface area contributed by atoms with Gasteiger partial charge < -0.3 is 10.1 Å². The number of fused-ring (bicyclic) bond motifs is 1. The molecule has 2 aliphatic heterocycles. The van der Waals surface area contributed by atoms with Crippen LogP contribution in [0.5, 0.6) is 5.75 Å². The molecule has 1 N–H and O–H groups in total. The number of hydrogen-bond donors (Lipinski definition) is 1. The van der Waals surface area contributed by atoms with Gasteiger partial charge in [0.05, 0.1) is 13.7 Å². The number of amides is 1. The zero-order valence-corrected chi connectivity index (χ0v) is 20.6. The average molecular weight is 490 g/mol. The molecule has 2 aromatic rings. The Morgan fingerprint density at radius 1 is 1.15 bits per heavy atom. The number of thiophene rings is 1. The summed E-state index contributed by atoms with van der Waals surface area (Å²) >= 11 is 1.82. The topological polar surface area (TPSA) is 79.0 Å². The molecular weight excluding hydrogens is 458 g/mol. The van der Waals surface area contributed by atoms with Crippen LogP contribution in [0.1, 0.15) is 48.6 Å². The van der Waals surface area contributed by atoms with Gasteiger partial charge in [-0.15, -0.1) is 11.3 Å². The van der Waals surface area contributed by atoms with Gasteiger partial charge in [0.1, 0.15) is 10.6 Å². The van der Waals surface area contributed by atoms with Crippen molar-refractivity contribution in [1.82, 2.24) is 9.21 Å². The van der Waals surface area contributed by atoms with Crippen LogP contribution in [0.25, 0.3) is 0 Å². The molecule has 7 nitrogen and oxygen atoms in total. The molecule has 2 fully saturated rings. The number of piperidine rings is 1. The molecule has 0 bridgehead atoms. The number of ether oxygens (including phenoxy) is 1. The highest BCUT2D eigenvalue weighted by atomic mass is 32.2. The maximum Gasteiger partial charge on any atom is 0.246 e. The average Bonchev–Trinajstić information content (AvgIpc) is 3.55. The summed E-state index contributed by atoms with van der Waals surface area (Å²) in [6.45, 7) is 2.21. The minimum absolute atomic E-state index is 0.112. The van der Waals surface area contributed by atoms with Gasteiger partial charge in [0, 0.05) is 36.2 Å². The molecule has 1 saturated heterocycles. The number of anilines is 1. The van der Waals surface area contributed by atoms with Crippen molar-refractivity contribution in [2.45, 2.75) is 49.5 Å². The Bertz CT molecular complexity index is 1120. The monoisotopic (exact) mass is 489 g/mol. The minimum atomic E-state index is -3.68. The fourth-order valence-electron chi connectivity index (χ4n) is 5.12. The number of carbonyl (C=O) groups is 1. The normalized spacial score (nSPS) is 22.0. The molecule has 0 radical (unpaired) electrons. The number of hydrogen-bond acceptors (Lipinski definition) is 6. The van der Waals surface area contributed by atoms with Gasteiger partial charge in [-0.1, -0.05) is 6.42 Å². The number of carbonyl (C=O) groups excluding carboxylic acids is 1. The molecule has 9 heteroatoms. The summed E-state index contributed by atoms with van der Waals surface area (Å²) in [7, 11) is -2.21. The van der Waals surface area contributed by atoms with Crippen LogP contribution in [0, 0.1) is 5.92 Å². The molecule has 5 rings (SSSR count). The predicted octanol–water partition coefficient (Wildman–Crippen LogP) is 3.88. The lowest BCUT2D eigenvalue weighted by atomic mass is 9.96. The van der Waals surface area contributed by atoms with E-state index in [9.17, 15) is 13.2 Å². The number of rotatable bonds is 7. The van der Waals surface area contributed by atoms with Crippen molar-refractivity contribution >= 4 is 33.0 Å². The van der Waals surface area contributed by atoms with Gasteiger partial charge in [-0.25, -0.2) is 8.42 Å². The number of benzene rings is 1. The molecule has 3 aliphatic rings. The van der Waals surface area contributed by atoms with Crippen LogP contribution in [0.4, 0.5) is 5.69 Å². The lowest BCUT2D eigenvalue weighted by Gasteiger charge is -2.35. The second kappa shape index (κ2) is 9.37. The molecule has 0 unspecified atom stereocenters. The maximum atomic E-state index is 13.3. The first kappa shape index (κ1) is 22.8. The third-order valence-electron chi connectivity index (χ3n) is 6.91. The van der Waals surface area contributed by atoms with E-state index in [1.807, 2.05) is 11.3 Å². The summed E-state index contributed by atoms with van der Waals surface area (Å²) < 4.78 is 33.4. The molecule has 3 heterocycles. The Morgan fingerprint density at radius 2 is 1.94 bits per heavy atom. The molecule has 1 aromatic carbocycles. The smallest absolute Gasteiger partial charge is 0.246 e. The Kier molecular flexibility index (Phi) is 6.48. The van der Waals surface area contributed by atoms with E-state index in [1.54, 1.807) is 12.1 Å². The molecule has 1 atom stereocenters. The number of methoxy groups -OCH3 is 1. The van der Waals surface area contributed by atoms with Crippen LogP contribution in [0.15, 0.2) is 34.5 Å². The third-order valence-corrected chi connectivity index (χ3v) is 9.83. The first-order valence-electron chi connectivity index (χ1n) is 11.8. The van der Waals surface area contributed by atoms with Crippen molar-refractivity contribution in [3.63, 3.8) is 0 Å². The lowest BCUT2D eigenvalue weighted by Crippen LogP contribution is -2.41. The van der Waals surface area contributed by atoms with E-state index in [2.05, 4.69) is 21.7 Å². The van der Waals surface area contributed by atoms with Gasteiger partial charge in [0.15, 0.2) is 0 Å². The molecule has 1 aliphatic carbocycles. The first-order chi connectivity index (χ1) is 16.0. The van der Waals surface area contributed by atoms with Crippen LogP contribution >= 0.6 is 11.3 Å². The highest BCUT2D eigenvalue weighted by Crippen LogP contribution is 2.48. The Balaban J connectivity index is 1.32. The van der Waals surface area contributed by atoms with E-state index in [0.29, 0.717) is 43.0 Å².